The van der Waals surface area contributed by atoms with E-state index in [9.17, 15) is 9.59 Å². The molecule has 0 saturated carbocycles. The second-order valence-electron chi connectivity index (χ2n) is 7.63. The maximum atomic E-state index is 12.7. The molecule has 2 aromatic rings. The molecule has 1 aliphatic heterocycles. The first kappa shape index (κ1) is 25.0. The molecular weight excluding hydrogens is 432 g/mol. The third-order valence-corrected chi connectivity index (χ3v) is 5.24. The normalized spacial score (nSPS) is 13.0. The van der Waals surface area contributed by atoms with Gasteiger partial charge in [-0.05, 0) is 70.0 Å². The first-order valence-corrected chi connectivity index (χ1v) is 11.8. The van der Waals surface area contributed by atoms with E-state index in [0.717, 1.165) is 30.6 Å². The molecule has 34 heavy (non-hydrogen) atoms. The molecule has 0 unspecified atom stereocenters. The van der Waals surface area contributed by atoms with Crippen LogP contribution < -0.4 is 24.4 Å². The van der Waals surface area contributed by atoms with Gasteiger partial charge in [0.25, 0.3) is 5.91 Å². The first-order chi connectivity index (χ1) is 16.6. The quantitative estimate of drug-likeness (QED) is 0.564. The van der Waals surface area contributed by atoms with E-state index in [1.807, 2.05) is 49.9 Å². The molecule has 1 aliphatic rings. The minimum atomic E-state index is -0.279. The summed E-state index contributed by atoms with van der Waals surface area (Å²) in [6.45, 7) is 7.90. The van der Waals surface area contributed by atoms with Gasteiger partial charge in [-0.15, -0.1) is 0 Å². The lowest BCUT2D eigenvalue weighted by Crippen LogP contribution is -2.35. The van der Waals surface area contributed by atoms with Crippen LogP contribution in [0.25, 0.3) is 0 Å². The van der Waals surface area contributed by atoms with Gasteiger partial charge in [0.15, 0.2) is 11.5 Å². The van der Waals surface area contributed by atoms with Crippen molar-refractivity contribution in [3.8, 4) is 29.1 Å². The van der Waals surface area contributed by atoms with Crippen molar-refractivity contribution >= 4 is 17.5 Å². The predicted octanol–water partition coefficient (Wildman–Crippen LogP) is 4.18. The molecule has 1 saturated heterocycles. The van der Waals surface area contributed by atoms with Gasteiger partial charge in [-0.1, -0.05) is 11.8 Å². The highest BCUT2D eigenvalue weighted by atomic mass is 16.5. The van der Waals surface area contributed by atoms with E-state index in [4.69, 9.17) is 14.2 Å². The maximum Gasteiger partial charge on any atom is 0.252 e. The number of nitrogens with one attached hydrogen (secondary N) is 1. The Morgan fingerprint density at radius 2 is 1.62 bits per heavy atom. The van der Waals surface area contributed by atoms with Gasteiger partial charge in [0, 0.05) is 29.8 Å². The van der Waals surface area contributed by atoms with Gasteiger partial charge < -0.3 is 24.4 Å². The van der Waals surface area contributed by atoms with E-state index in [-0.39, 0.29) is 18.4 Å². The number of rotatable bonds is 9. The van der Waals surface area contributed by atoms with Crippen molar-refractivity contribution < 1.29 is 23.8 Å². The Labute approximate surface area is 201 Å². The molecule has 0 atom stereocenters. The van der Waals surface area contributed by atoms with Crippen LogP contribution in [0.15, 0.2) is 36.4 Å². The molecule has 0 aromatic heterocycles. The van der Waals surface area contributed by atoms with Crippen molar-refractivity contribution in [3.63, 3.8) is 0 Å². The molecular formula is C27H32N2O5. The lowest BCUT2D eigenvalue weighted by Gasteiger charge is -2.26. The SMILES string of the molecule is CCOc1cc(C(=O)NCC#Cc2ccc(N3CCCCC3=O)cc2)cc(OCC)c1OCC. The number of anilines is 1. The number of carbonyl (C=O) groups is 2. The lowest BCUT2D eigenvalue weighted by molar-refractivity contribution is -0.119. The number of amides is 2. The summed E-state index contributed by atoms with van der Waals surface area (Å²) in [4.78, 5) is 26.6. The molecule has 1 fully saturated rings. The van der Waals surface area contributed by atoms with Gasteiger partial charge >= 0.3 is 0 Å². The fraction of sp³-hybridized carbons (Fsp3) is 0.407. The van der Waals surface area contributed by atoms with Gasteiger partial charge in [0.1, 0.15) is 0 Å². The van der Waals surface area contributed by atoms with E-state index in [1.165, 1.54) is 0 Å². The molecule has 1 heterocycles. The Bertz CT molecular complexity index is 1030. The molecule has 0 aliphatic carbocycles. The van der Waals surface area contributed by atoms with Crippen LogP contribution in [0.4, 0.5) is 5.69 Å². The Morgan fingerprint density at radius 1 is 0.971 bits per heavy atom. The Kier molecular flexibility index (Phi) is 9.21. The Morgan fingerprint density at radius 3 is 2.21 bits per heavy atom. The lowest BCUT2D eigenvalue weighted by atomic mass is 10.1. The minimum absolute atomic E-state index is 0.169. The van der Waals surface area contributed by atoms with Crippen molar-refractivity contribution in [2.45, 2.75) is 40.0 Å². The van der Waals surface area contributed by atoms with Crippen LogP contribution in [0.1, 0.15) is 56.0 Å². The number of piperidine rings is 1. The number of hydrogen-bond donors (Lipinski definition) is 1. The van der Waals surface area contributed by atoms with Crippen LogP contribution >= 0.6 is 0 Å². The van der Waals surface area contributed by atoms with Gasteiger partial charge in [0.05, 0.1) is 26.4 Å². The number of ether oxygens (including phenoxy) is 3. The summed E-state index contributed by atoms with van der Waals surface area (Å²) in [5, 5.41) is 2.81. The van der Waals surface area contributed by atoms with E-state index in [1.54, 1.807) is 12.1 Å². The van der Waals surface area contributed by atoms with E-state index in [0.29, 0.717) is 49.1 Å². The van der Waals surface area contributed by atoms with E-state index < -0.39 is 0 Å². The summed E-state index contributed by atoms with van der Waals surface area (Å²) in [5.74, 6) is 7.35. The van der Waals surface area contributed by atoms with Gasteiger partial charge in [-0.25, -0.2) is 0 Å². The molecule has 7 heteroatoms. The third kappa shape index (κ3) is 6.44. The molecule has 0 spiro atoms. The summed E-state index contributed by atoms with van der Waals surface area (Å²) in [7, 11) is 0. The van der Waals surface area contributed by atoms with Crippen molar-refractivity contribution in [1.29, 1.82) is 0 Å². The molecule has 1 N–H and O–H groups in total. The van der Waals surface area contributed by atoms with Crippen LogP contribution in [0.3, 0.4) is 0 Å². The molecule has 2 aromatic carbocycles. The van der Waals surface area contributed by atoms with Crippen LogP contribution in [0, 0.1) is 11.8 Å². The molecule has 3 rings (SSSR count). The standard InChI is InChI=1S/C27H32N2O5/c1-4-32-23-18-21(19-24(33-5-2)26(23)34-6-3)27(31)28-16-9-10-20-12-14-22(15-13-20)29-17-8-7-11-25(29)30/h12-15,18-19H,4-8,11,16-17H2,1-3H3,(H,28,31). The van der Waals surface area contributed by atoms with Crippen molar-refractivity contribution in [1.82, 2.24) is 5.32 Å². The zero-order chi connectivity index (χ0) is 24.3. The highest BCUT2D eigenvalue weighted by molar-refractivity contribution is 5.96. The summed E-state index contributed by atoms with van der Waals surface area (Å²) in [6.07, 6.45) is 2.59. The Hall–Kier alpha value is -3.66. The number of benzene rings is 2. The number of nitrogens with zero attached hydrogens (tertiary/aromatic N) is 1. The Balaban J connectivity index is 1.64. The third-order valence-electron chi connectivity index (χ3n) is 5.24. The van der Waals surface area contributed by atoms with Crippen molar-refractivity contribution in [2.75, 3.05) is 37.8 Å². The second-order valence-corrected chi connectivity index (χ2v) is 7.63. The molecule has 7 nitrogen and oxygen atoms in total. The molecule has 2 amide bonds. The van der Waals surface area contributed by atoms with E-state index >= 15 is 0 Å². The molecule has 0 radical (unpaired) electrons. The average Bonchev–Trinajstić information content (AvgIpc) is 2.84. The van der Waals surface area contributed by atoms with Gasteiger partial charge in [-0.2, -0.15) is 0 Å². The molecule has 180 valence electrons. The first-order valence-electron chi connectivity index (χ1n) is 11.8. The van der Waals surface area contributed by atoms with E-state index in [2.05, 4.69) is 17.2 Å². The molecule has 0 bridgehead atoms. The van der Waals surface area contributed by atoms with Crippen molar-refractivity contribution in [2.24, 2.45) is 0 Å². The maximum absolute atomic E-state index is 12.7. The number of carbonyl (C=O) groups excluding carboxylic acids is 2. The zero-order valence-electron chi connectivity index (χ0n) is 20.1. The zero-order valence-corrected chi connectivity index (χ0v) is 20.1. The topological polar surface area (TPSA) is 77.1 Å². The van der Waals surface area contributed by atoms with Crippen LogP contribution in [0.2, 0.25) is 0 Å². The van der Waals surface area contributed by atoms with Crippen LogP contribution in [0.5, 0.6) is 17.2 Å². The summed E-state index contributed by atoms with van der Waals surface area (Å²) in [5.41, 5.74) is 2.13. The smallest absolute Gasteiger partial charge is 0.252 e. The largest absolute Gasteiger partial charge is 0.490 e. The summed E-state index contributed by atoms with van der Waals surface area (Å²) >= 11 is 0. The summed E-state index contributed by atoms with van der Waals surface area (Å²) in [6, 6.07) is 10.9. The van der Waals surface area contributed by atoms with Crippen molar-refractivity contribution in [3.05, 3.63) is 47.5 Å². The average molecular weight is 465 g/mol. The fourth-order valence-electron chi connectivity index (χ4n) is 3.70. The fourth-order valence-corrected chi connectivity index (χ4v) is 3.70. The number of hydrogen-bond acceptors (Lipinski definition) is 5. The predicted molar refractivity (Wildman–Crippen MR) is 132 cm³/mol. The monoisotopic (exact) mass is 464 g/mol. The minimum Gasteiger partial charge on any atom is -0.490 e. The van der Waals surface area contributed by atoms with Crippen LogP contribution in [-0.4, -0.2) is 44.7 Å². The highest BCUT2D eigenvalue weighted by Crippen LogP contribution is 2.39. The van der Waals surface area contributed by atoms with Gasteiger partial charge in [-0.3, -0.25) is 9.59 Å². The highest BCUT2D eigenvalue weighted by Gasteiger charge is 2.19. The van der Waals surface area contributed by atoms with Gasteiger partial charge in [0.2, 0.25) is 11.7 Å². The summed E-state index contributed by atoms with van der Waals surface area (Å²) < 4.78 is 17.0. The van der Waals surface area contributed by atoms with Crippen LogP contribution in [-0.2, 0) is 4.79 Å². The second kappa shape index (κ2) is 12.5.